The van der Waals surface area contributed by atoms with Gasteiger partial charge in [-0.3, -0.25) is 0 Å². The highest BCUT2D eigenvalue weighted by Gasteiger charge is 0.707. The molecule has 0 spiro atoms. The lowest BCUT2D eigenvalue weighted by Gasteiger charge is -0.707. The van der Waals surface area contributed by atoms with E-state index in [2.05, 4.69) is 0 Å². The normalized spacial score (nSPS) is 1.00. The van der Waals surface area contributed by atoms with Crippen molar-refractivity contribution in [3.8, 4) is 0 Å². The summed E-state index contributed by atoms with van der Waals surface area (Å²) in [6.07, 6.45) is 0. The summed E-state index contributed by atoms with van der Waals surface area (Å²) in [5, 5.41) is 0. The van der Waals surface area contributed by atoms with Gasteiger partial charge in [-0.15, -0.1) is 0 Å². The van der Waals surface area contributed by atoms with Gasteiger partial charge in [-0.25, -0.2) is 0 Å². The van der Waals surface area contributed by atoms with Crippen LogP contribution in [-0.4, -0.2) is 5.48 Å². The maximum absolute atomic E-state index is 7.00. The molecule has 28 valence electrons. The Bertz CT molecular complexity index is 3.25. The highest BCUT2D eigenvalue weighted by atomic mass is 16.7. The minimum absolute atomic E-state index is 0. The molecule has 0 saturated carbocycles. The van der Waals surface area contributed by atoms with Crippen LogP contribution < -0.4 is 6.15 Å². The van der Waals surface area contributed by atoms with E-state index in [1.54, 1.807) is 0 Å². The van der Waals surface area contributed by atoms with Crippen LogP contribution >= 0.6 is 0 Å². The van der Waals surface area contributed by atoms with Gasteiger partial charge in [-0.05, 0) is 0 Å². The van der Waals surface area contributed by atoms with Crippen molar-refractivity contribution in [3.63, 3.8) is 0 Å². The Morgan fingerprint density at radius 2 is 1.00 bits per heavy atom. The second-order valence-corrected chi connectivity index (χ2v) is 0. The molecule has 0 rings (SSSR count). The molecule has 0 bridgehead atoms. The Hall–Kier alpha value is -0.480. The van der Waals surface area contributed by atoms with E-state index in [0.717, 1.165) is 0 Å². The van der Waals surface area contributed by atoms with Crippen LogP contribution in [-0.2, 0) is 0 Å². The molecule has 0 fully saturated rings. The Kier molecular flexibility index (Phi) is 522. The van der Waals surface area contributed by atoms with E-state index in [1.165, 1.54) is 0 Å². The van der Waals surface area contributed by atoms with Crippen LogP contribution in [0.2, 0.25) is 0 Å². The smallest absolute Gasteiger partial charge is 0 e. The second-order valence-electron chi connectivity index (χ2n) is 0. The molecule has 0 aliphatic rings. The monoisotopic (exact) mass is 68.0 g/mol. The summed E-state index contributed by atoms with van der Waals surface area (Å²) in [7, 11) is 0. The van der Waals surface area contributed by atoms with Gasteiger partial charge in [0.2, 0.25) is 0 Å². The first-order valence-corrected chi connectivity index (χ1v) is 0.167. The molecule has 4 nitrogen and oxygen atoms in total. The molecule has 0 unspecified atom stereocenters. The van der Waals surface area contributed by atoms with Crippen LogP contribution in [0.1, 0.15) is 0 Å². The van der Waals surface area contributed by atoms with Crippen LogP contribution in [0.15, 0.2) is 0 Å². The van der Waals surface area contributed by atoms with E-state index in [9.17, 15) is 0 Å². The fourth-order valence-electron chi connectivity index (χ4n) is 0. The molecular formula is H6NO3+. The van der Waals surface area contributed by atoms with Gasteiger partial charge in [0, 0.05) is 9.93 Å². The quantitative estimate of drug-likeness (QED) is 0.418. The number of hydrogen-bond acceptors (Lipinski definition) is 2. The first-order valence-electron chi connectivity index (χ1n) is 0.167. The van der Waals surface area contributed by atoms with Crippen LogP contribution in [0.4, 0.5) is 0 Å². The van der Waals surface area contributed by atoms with Gasteiger partial charge < -0.3 is 11.6 Å². The minimum Gasteiger partial charge on any atom is -0.412 e. The number of quaternary nitrogens is 1. The molecule has 0 aromatic heterocycles. The predicted molar refractivity (Wildman–Crippen MR) is 16.3 cm³/mol. The minimum atomic E-state index is 0. The average Bonchev–Trinajstić information content (AvgIpc) is 1.00. The summed E-state index contributed by atoms with van der Waals surface area (Å²) in [5.74, 6) is 0. The Morgan fingerprint density at radius 1 is 1.00 bits per heavy atom. The first-order chi connectivity index (χ1) is 1.00. The van der Waals surface area contributed by atoms with E-state index in [1.807, 2.05) is 0 Å². The molecular weight excluding hydrogens is 62.0 g/mol. The largest absolute Gasteiger partial charge is 0.412 e. The Labute approximate surface area is 22.9 Å². The summed E-state index contributed by atoms with van der Waals surface area (Å²) in [4.78, 5) is 14.0. The lowest BCUT2D eigenvalue weighted by molar-refractivity contribution is 0.824. The highest BCUT2D eigenvalue weighted by molar-refractivity contribution is 4.07. The Balaban J connectivity index is -0.00000000500. The van der Waals surface area contributed by atoms with Crippen molar-refractivity contribution >= 4 is 0 Å². The average molecular weight is 68.1 g/mol. The molecule has 6 N–H and O–H groups in total. The molecule has 0 aliphatic heterocycles. The standard InChI is InChI=1S/H3N.O2.H2O/c;1-2;/h1H3;;1H2/p+1. The molecule has 0 saturated heterocycles. The summed E-state index contributed by atoms with van der Waals surface area (Å²) in [5.41, 5.74) is 0. The Morgan fingerprint density at radius 3 is 1.00 bits per heavy atom. The van der Waals surface area contributed by atoms with E-state index < -0.39 is 0 Å². The number of hydrogen-bond donors (Lipinski definition) is 1. The zero-order valence-electron chi connectivity index (χ0n) is 2.32. The third-order valence-corrected chi connectivity index (χ3v) is 0. The maximum Gasteiger partial charge on any atom is 0 e. The number of rotatable bonds is 0. The van der Waals surface area contributed by atoms with Crippen molar-refractivity contribution in [2.45, 2.75) is 0 Å². The van der Waals surface area contributed by atoms with Gasteiger partial charge in [-0.1, -0.05) is 0 Å². The fourth-order valence-corrected chi connectivity index (χ4v) is 0. The van der Waals surface area contributed by atoms with Crippen molar-refractivity contribution in [2.75, 3.05) is 0 Å². The maximum atomic E-state index is 7.00. The lowest BCUT2D eigenvalue weighted by Crippen LogP contribution is -0.674. The van der Waals surface area contributed by atoms with Crippen molar-refractivity contribution in [3.05, 3.63) is 9.93 Å². The van der Waals surface area contributed by atoms with Gasteiger partial charge in [0.15, 0.2) is 0 Å². The molecule has 0 atom stereocenters. The van der Waals surface area contributed by atoms with Gasteiger partial charge >= 0.3 is 0 Å². The third kappa shape index (κ3) is 1.78. The van der Waals surface area contributed by atoms with Crippen LogP contribution in [0.25, 0.3) is 0 Å². The topological polar surface area (TPSA) is 102 Å². The summed E-state index contributed by atoms with van der Waals surface area (Å²) in [6.45, 7) is 0. The molecule has 0 aliphatic carbocycles. The van der Waals surface area contributed by atoms with E-state index in [4.69, 9.17) is 9.93 Å². The fraction of sp³-hybridized carbons (Fsp3) is 0. The summed E-state index contributed by atoms with van der Waals surface area (Å²) < 4.78 is 0. The van der Waals surface area contributed by atoms with Gasteiger partial charge in [0.05, 0.1) is 0 Å². The first kappa shape index (κ1) is 82.7. The third-order valence-electron chi connectivity index (χ3n) is 0. The molecule has 0 amide bonds. The van der Waals surface area contributed by atoms with E-state index in [0.29, 0.717) is 0 Å². The van der Waals surface area contributed by atoms with E-state index >= 15 is 0 Å². The van der Waals surface area contributed by atoms with Crippen molar-refractivity contribution in [1.29, 1.82) is 0 Å². The van der Waals surface area contributed by atoms with Crippen molar-refractivity contribution in [2.24, 2.45) is 0 Å². The lowest BCUT2D eigenvalue weighted by atomic mass is 14.0. The molecule has 0 radical (unpaired) electrons. The van der Waals surface area contributed by atoms with Crippen molar-refractivity contribution in [1.82, 2.24) is 6.15 Å². The zero-order valence-corrected chi connectivity index (χ0v) is 2.32. The van der Waals surface area contributed by atoms with Gasteiger partial charge in [0.25, 0.3) is 0 Å². The van der Waals surface area contributed by atoms with Crippen LogP contribution in [0.3, 0.4) is 0 Å². The van der Waals surface area contributed by atoms with Crippen molar-refractivity contribution < 1.29 is 5.48 Å². The van der Waals surface area contributed by atoms with Gasteiger partial charge in [-0.2, -0.15) is 0 Å². The molecule has 0 heterocycles. The summed E-state index contributed by atoms with van der Waals surface area (Å²) >= 11 is 0. The molecule has 0 aromatic rings. The SMILES string of the molecule is O.O=O.[NH4+]. The molecule has 4 heavy (non-hydrogen) atoms. The van der Waals surface area contributed by atoms with Crippen LogP contribution in [0, 0.1) is 9.93 Å². The van der Waals surface area contributed by atoms with Crippen LogP contribution in [0.5, 0.6) is 0 Å². The second kappa shape index (κ2) is 25.3. The summed E-state index contributed by atoms with van der Waals surface area (Å²) in [6, 6.07) is 0. The zero-order chi connectivity index (χ0) is 2.00. The highest BCUT2D eigenvalue weighted by Crippen LogP contribution is 0.741. The molecule has 0 aromatic carbocycles. The van der Waals surface area contributed by atoms with Gasteiger partial charge in [0.1, 0.15) is 0 Å². The van der Waals surface area contributed by atoms with E-state index in [-0.39, 0.29) is 11.6 Å². The molecule has 4 heteroatoms. The predicted octanol–water partition coefficient (Wildman–Crippen LogP) is -0.382.